The molecule has 2 amide bonds. The molecule has 202 valence electrons. The molecule has 7 nitrogen and oxygen atoms in total. The van der Waals surface area contributed by atoms with Crippen LogP contribution in [0.5, 0.6) is 11.5 Å². The Kier molecular flexibility index (Phi) is 6.85. The fourth-order valence-corrected chi connectivity index (χ4v) is 6.55. The third kappa shape index (κ3) is 4.59. The Bertz CT molecular complexity index is 1430. The molecule has 3 aliphatic heterocycles. The van der Waals surface area contributed by atoms with Gasteiger partial charge in [0.1, 0.15) is 0 Å². The van der Waals surface area contributed by atoms with Crippen molar-refractivity contribution in [3.05, 3.63) is 82.9 Å². The van der Waals surface area contributed by atoms with Gasteiger partial charge in [-0.15, -0.1) is 0 Å². The van der Waals surface area contributed by atoms with Crippen LogP contribution in [-0.4, -0.2) is 53.5 Å². The highest BCUT2D eigenvalue weighted by Gasteiger charge is 2.62. The second kappa shape index (κ2) is 10.3. The number of hydrogen-bond acceptors (Lipinski definition) is 5. The molecule has 0 aromatic heterocycles. The lowest BCUT2D eigenvalue weighted by molar-refractivity contribution is -0.144. The standard InChI is InChI=1S/C30H29ClN2O5S/c1-39(36)24-10-8-23(9-11-24)33-27(20-3-6-22(31)7-4-20)30(29(33)35)13-15-32(16-14-30)28(34)21-5-12-25-26(19-21)38-18-2-17-37-25/h3-12,19,27H,2,13-18H2,1H3. The average molecular weight is 565 g/mol. The molecule has 2 saturated heterocycles. The molecule has 2 atom stereocenters. The van der Waals surface area contributed by atoms with Gasteiger partial charge in [-0.2, -0.15) is 0 Å². The number of piperidine rings is 1. The first-order valence-corrected chi connectivity index (χ1v) is 15.0. The molecule has 3 heterocycles. The van der Waals surface area contributed by atoms with E-state index in [1.54, 1.807) is 36.6 Å². The molecular weight excluding hydrogens is 536 g/mol. The summed E-state index contributed by atoms with van der Waals surface area (Å²) in [5, 5.41) is 0.635. The minimum Gasteiger partial charge on any atom is -0.490 e. The Morgan fingerprint density at radius 1 is 0.949 bits per heavy atom. The van der Waals surface area contributed by atoms with Gasteiger partial charge in [-0.25, -0.2) is 0 Å². The number of β-lactam (4-membered cyclic amide) rings is 1. The summed E-state index contributed by atoms with van der Waals surface area (Å²) in [6.07, 6.45) is 3.55. The largest absolute Gasteiger partial charge is 0.490 e. The van der Waals surface area contributed by atoms with E-state index in [0.717, 1.165) is 17.7 Å². The minimum atomic E-state index is -1.10. The van der Waals surface area contributed by atoms with E-state index in [0.29, 0.717) is 66.1 Å². The van der Waals surface area contributed by atoms with Crippen molar-refractivity contribution in [3.63, 3.8) is 0 Å². The number of fused-ring (bicyclic) bond motifs is 1. The van der Waals surface area contributed by atoms with Gasteiger partial charge in [0, 0.05) is 57.7 Å². The van der Waals surface area contributed by atoms with E-state index in [9.17, 15) is 13.8 Å². The van der Waals surface area contributed by atoms with Crippen molar-refractivity contribution in [1.82, 2.24) is 4.90 Å². The van der Waals surface area contributed by atoms with Gasteiger partial charge in [-0.1, -0.05) is 23.7 Å². The summed E-state index contributed by atoms with van der Waals surface area (Å²) in [5.74, 6) is 1.23. The monoisotopic (exact) mass is 564 g/mol. The molecule has 39 heavy (non-hydrogen) atoms. The molecule has 3 aliphatic rings. The number of nitrogens with zero attached hydrogens (tertiary/aromatic N) is 2. The fraction of sp³-hybridized carbons (Fsp3) is 0.333. The number of hydrogen-bond donors (Lipinski definition) is 0. The highest BCUT2D eigenvalue weighted by molar-refractivity contribution is 7.84. The number of ether oxygens (including phenoxy) is 2. The second-order valence-electron chi connectivity index (χ2n) is 10.2. The summed E-state index contributed by atoms with van der Waals surface area (Å²) in [5.41, 5.74) is 1.72. The Labute approximate surface area is 235 Å². The van der Waals surface area contributed by atoms with Crippen LogP contribution in [0.25, 0.3) is 0 Å². The topological polar surface area (TPSA) is 76.2 Å². The molecule has 2 unspecified atom stereocenters. The van der Waals surface area contributed by atoms with Crippen molar-refractivity contribution in [1.29, 1.82) is 0 Å². The molecule has 0 saturated carbocycles. The van der Waals surface area contributed by atoms with Crippen LogP contribution in [-0.2, 0) is 15.6 Å². The summed E-state index contributed by atoms with van der Waals surface area (Å²) in [6.45, 7) is 2.10. The second-order valence-corrected chi connectivity index (χ2v) is 12.1. The molecule has 0 aliphatic carbocycles. The summed E-state index contributed by atoms with van der Waals surface area (Å²) < 4.78 is 23.4. The summed E-state index contributed by atoms with van der Waals surface area (Å²) in [4.78, 5) is 31.6. The van der Waals surface area contributed by atoms with Crippen LogP contribution in [0.1, 0.15) is 41.2 Å². The number of likely N-dealkylation sites (tertiary alicyclic amines) is 1. The van der Waals surface area contributed by atoms with Crippen molar-refractivity contribution < 1.29 is 23.3 Å². The maximum Gasteiger partial charge on any atom is 0.253 e. The number of rotatable bonds is 4. The van der Waals surface area contributed by atoms with Crippen molar-refractivity contribution in [3.8, 4) is 11.5 Å². The normalized spacial score (nSPS) is 20.8. The number of benzene rings is 3. The zero-order chi connectivity index (χ0) is 27.1. The van der Waals surface area contributed by atoms with Crippen molar-refractivity contribution in [2.75, 3.05) is 37.5 Å². The van der Waals surface area contributed by atoms with Gasteiger partial charge in [0.25, 0.3) is 5.91 Å². The zero-order valence-corrected chi connectivity index (χ0v) is 23.2. The van der Waals surface area contributed by atoms with E-state index in [2.05, 4.69) is 0 Å². The van der Waals surface area contributed by atoms with E-state index < -0.39 is 16.2 Å². The van der Waals surface area contributed by atoms with Gasteiger partial charge < -0.3 is 19.3 Å². The lowest BCUT2D eigenvalue weighted by Gasteiger charge is -2.59. The number of carbonyl (C=O) groups excluding carboxylic acids is 2. The third-order valence-electron chi connectivity index (χ3n) is 8.00. The summed E-state index contributed by atoms with van der Waals surface area (Å²) >= 11 is 6.18. The molecule has 9 heteroatoms. The predicted octanol–water partition coefficient (Wildman–Crippen LogP) is 5.25. The Hall–Kier alpha value is -3.36. The van der Waals surface area contributed by atoms with Crippen LogP contribution in [0.4, 0.5) is 5.69 Å². The first-order chi connectivity index (χ1) is 18.9. The van der Waals surface area contributed by atoms with Gasteiger partial charge in [0.2, 0.25) is 5.91 Å². The highest BCUT2D eigenvalue weighted by atomic mass is 35.5. The lowest BCUT2D eigenvalue weighted by atomic mass is 9.62. The summed E-state index contributed by atoms with van der Waals surface area (Å²) in [7, 11) is -1.10. The Morgan fingerprint density at radius 2 is 1.62 bits per heavy atom. The van der Waals surface area contributed by atoms with E-state index >= 15 is 0 Å². The first-order valence-electron chi connectivity index (χ1n) is 13.1. The van der Waals surface area contributed by atoms with E-state index in [-0.39, 0.29) is 17.9 Å². The van der Waals surface area contributed by atoms with Gasteiger partial charge in [0.05, 0.1) is 24.7 Å². The van der Waals surface area contributed by atoms with E-state index in [1.165, 1.54) is 0 Å². The number of halogens is 1. The molecule has 0 N–H and O–H groups in total. The fourth-order valence-electron chi connectivity index (χ4n) is 5.91. The smallest absolute Gasteiger partial charge is 0.253 e. The van der Waals surface area contributed by atoms with Crippen molar-refractivity contribution in [2.24, 2.45) is 5.41 Å². The highest BCUT2D eigenvalue weighted by Crippen LogP contribution is 2.57. The van der Waals surface area contributed by atoms with Crippen LogP contribution in [0.3, 0.4) is 0 Å². The molecule has 0 bridgehead atoms. The Morgan fingerprint density at radius 3 is 2.28 bits per heavy atom. The third-order valence-corrected chi connectivity index (χ3v) is 9.18. The first kappa shape index (κ1) is 25.9. The number of amides is 2. The van der Waals surface area contributed by atoms with Crippen LogP contribution >= 0.6 is 11.6 Å². The Balaban J connectivity index is 1.24. The molecule has 3 aromatic rings. The SMILES string of the molecule is CS(=O)c1ccc(N2C(=O)C3(CCN(C(=O)c4ccc5c(c4)OCCCO5)CC3)C2c2ccc(Cl)cc2)cc1. The number of anilines is 1. The summed E-state index contributed by atoms with van der Waals surface area (Å²) in [6, 6.07) is 20.1. The quantitative estimate of drug-likeness (QED) is 0.405. The minimum absolute atomic E-state index is 0.0514. The molecular formula is C30H29ClN2O5S. The maximum atomic E-state index is 13.9. The number of carbonyl (C=O) groups is 2. The molecule has 0 radical (unpaired) electrons. The average Bonchev–Trinajstić information content (AvgIpc) is 3.21. The predicted molar refractivity (Wildman–Crippen MR) is 150 cm³/mol. The van der Waals surface area contributed by atoms with Crippen LogP contribution in [0, 0.1) is 5.41 Å². The molecule has 3 aromatic carbocycles. The molecule has 1 spiro atoms. The van der Waals surface area contributed by atoms with Gasteiger partial charge in [-0.3, -0.25) is 13.8 Å². The van der Waals surface area contributed by atoms with Gasteiger partial charge in [0.15, 0.2) is 11.5 Å². The van der Waals surface area contributed by atoms with Gasteiger partial charge >= 0.3 is 0 Å². The van der Waals surface area contributed by atoms with Crippen molar-refractivity contribution in [2.45, 2.75) is 30.2 Å². The van der Waals surface area contributed by atoms with E-state index in [4.69, 9.17) is 21.1 Å². The van der Waals surface area contributed by atoms with Crippen molar-refractivity contribution >= 4 is 39.9 Å². The molecule has 6 rings (SSSR count). The lowest BCUT2D eigenvalue weighted by Crippen LogP contribution is -2.67. The van der Waals surface area contributed by atoms with Crippen LogP contribution in [0.2, 0.25) is 5.02 Å². The maximum absolute atomic E-state index is 13.9. The van der Waals surface area contributed by atoms with Crippen LogP contribution < -0.4 is 14.4 Å². The van der Waals surface area contributed by atoms with Crippen LogP contribution in [0.15, 0.2) is 71.6 Å². The van der Waals surface area contributed by atoms with Gasteiger partial charge in [-0.05, 0) is 73.0 Å². The zero-order valence-electron chi connectivity index (χ0n) is 21.6. The van der Waals surface area contributed by atoms with E-state index in [1.807, 2.05) is 46.2 Å². The molecule has 2 fully saturated rings.